The topological polar surface area (TPSA) is 58.1 Å². The Balaban J connectivity index is 1.67. The van der Waals surface area contributed by atoms with E-state index in [4.69, 9.17) is 0 Å². The number of hydrogen-bond acceptors (Lipinski definition) is 4. The highest BCUT2D eigenvalue weighted by molar-refractivity contribution is 5.80. The number of aryl methyl sites for hydroxylation is 2. The summed E-state index contributed by atoms with van der Waals surface area (Å²) in [5.41, 5.74) is 1.86. The van der Waals surface area contributed by atoms with Crippen molar-refractivity contribution < 1.29 is 4.79 Å². The Morgan fingerprint density at radius 1 is 1.37 bits per heavy atom. The van der Waals surface area contributed by atoms with Gasteiger partial charge in [0.05, 0.1) is 17.3 Å². The zero-order valence-corrected chi connectivity index (χ0v) is 11.5. The fourth-order valence-electron chi connectivity index (χ4n) is 2.54. The van der Waals surface area contributed by atoms with Crippen LogP contribution < -0.4 is 10.2 Å². The first-order valence-corrected chi connectivity index (χ1v) is 6.99. The van der Waals surface area contributed by atoms with E-state index in [-0.39, 0.29) is 11.8 Å². The molecule has 0 aromatic carbocycles. The second-order valence-electron chi connectivity index (χ2n) is 5.63. The van der Waals surface area contributed by atoms with Crippen LogP contribution in [-0.4, -0.2) is 35.0 Å². The van der Waals surface area contributed by atoms with Crippen LogP contribution in [0.3, 0.4) is 0 Å². The molecule has 1 unspecified atom stereocenters. The van der Waals surface area contributed by atoms with Crippen molar-refractivity contribution in [2.45, 2.75) is 39.2 Å². The minimum atomic E-state index is 0.0994. The van der Waals surface area contributed by atoms with Crippen LogP contribution in [0.5, 0.6) is 0 Å². The van der Waals surface area contributed by atoms with Gasteiger partial charge in [0, 0.05) is 25.3 Å². The Labute approximate surface area is 113 Å². The van der Waals surface area contributed by atoms with E-state index in [0.717, 1.165) is 49.6 Å². The van der Waals surface area contributed by atoms with Crippen molar-refractivity contribution in [1.29, 1.82) is 0 Å². The number of anilines is 1. The summed E-state index contributed by atoms with van der Waals surface area (Å²) in [5, 5.41) is 3.09. The smallest absolute Gasteiger partial charge is 0.225 e. The van der Waals surface area contributed by atoms with Crippen molar-refractivity contribution in [3.63, 3.8) is 0 Å². The number of carbonyl (C=O) groups excluding carboxylic acids is 1. The monoisotopic (exact) mass is 260 g/mol. The van der Waals surface area contributed by atoms with E-state index in [1.54, 1.807) is 6.20 Å². The maximum absolute atomic E-state index is 12.1. The normalized spacial score (nSPS) is 22.6. The summed E-state index contributed by atoms with van der Waals surface area (Å²) >= 11 is 0. The standard InChI is InChI=1S/C14H20N4O/c1-9-7-15-10(2)13(16-9)18-6-5-11(8-18)14(19)17-12-3-4-12/h7,11-12H,3-6,8H2,1-2H3,(H,17,19). The molecule has 2 fully saturated rings. The van der Waals surface area contributed by atoms with Gasteiger partial charge in [-0.15, -0.1) is 0 Å². The second kappa shape index (κ2) is 4.79. The molecular formula is C14H20N4O. The van der Waals surface area contributed by atoms with Gasteiger partial charge < -0.3 is 10.2 Å². The molecule has 1 atom stereocenters. The van der Waals surface area contributed by atoms with E-state index in [2.05, 4.69) is 20.2 Å². The first kappa shape index (κ1) is 12.4. The molecule has 3 rings (SSSR count). The number of nitrogens with one attached hydrogen (secondary N) is 1. The van der Waals surface area contributed by atoms with E-state index in [9.17, 15) is 4.79 Å². The number of aromatic nitrogens is 2. The summed E-state index contributed by atoms with van der Waals surface area (Å²) in [6.07, 6.45) is 4.98. The molecule has 5 nitrogen and oxygen atoms in total. The third kappa shape index (κ3) is 2.69. The average molecular weight is 260 g/mol. The van der Waals surface area contributed by atoms with E-state index in [0.29, 0.717) is 6.04 Å². The fourth-order valence-corrected chi connectivity index (χ4v) is 2.54. The van der Waals surface area contributed by atoms with E-state index in [1.165, 1.54) is 0 Å². The van der Waals surface area contributed by atoms with Gasteiger partial charge in [0.1, 0.15) is 5.82 Å². The van der Waals surface area contributed by atoms with Gasteiger partial charge in [0.15, 0.2) is 0 Å². The van der Waals surface area contributed by atoms with Gasteiger partial charge in [0.2, 0.25) is 5.91 Å². The molecule has 0 spiro atoms. The van der Waals surface area contributed by atoms with Crippen molar-refractivity contribution in [3.8, 4) is 0 Å². The number of rotatable bonds is 3. The van der Waals surface area contributed by atoms with Crippen molar-refractivity contribution in [2.24, 2.45) is 5.92 Å². The predicted molar refractivity (Wildman–Crippen MR) is 73.0 cm³/mol. The maximum atomic E-state index is 12.1. The molecule has 5 heteroatoms. The lowest BCUT2D eigenvalue weighted by Gasteiger charge is -2.19. The average Bonchev–Trinajstić information content (AvgIpc) is 3.06. The second-order valence-corrected chi connectivity index (χ2v) is 5.63. The van der Waals surface area contributed by atoms with Gasteiger partial charge in [-0.05, 0) is 33.1 Å². The number of carbonyl (C=O) groups is 1. The molecule has 1 aliphatic heterocycles. The van der Waals surface area contributed by atoms with Crippen LogP contribution in [0, 0.1) is 19.8 Å². The predicted octanol–water partition coefficient (Wildman–Crippen LogP) is 1.20. The molecule has 19 heavy (non-hydrogen) atoms. The number of hydrogen-bond donors (Lipinski definition) is 1. The van der Waals surface area contributed by atoms with E-state index < -0.39 is 0 Å². The van der Waals surface area contributed by atoms with Gasteiger partial charge in [-0.25, -0.2) is 4.98 Å². The summed E-state index contributed by atoms with van der Waals surface area (Å²) in [7, 11) is 0. The van der Waals surface area contributed by atoms with Crippen molar-refractivity contribution >= 4 is 11.7 Å². The lowest BCUT2D eigenvalue weighted by Crippen LogP contribution is -2.34. The van der Waals surface area contributed by atoms with Crippen LogP contribution in [-0.2, 0) is 4.79 Å². The molecule has 2 aliphatic rings. The molecule has 1 saturated carbocycles. The highest BCUT2D eigenvalue weighted by atomic mass is 16.2. The summed E-state index contributed by atoms with van der Waals surface area (Å²) in [5.74, 6) is 1.24. The van der Waals surface area contributed by atoms with Crippen LogP contribution in [0.1, 0.15) is 30.7 Å². The Hall–Kier alpha value is -1.65. The quantitative estimate of drug-likeness (QED) is 0.887. The van der Waals surface area contributed by atoms with Crippen LogP contribution in [0.25, 0.3) is 0 Å². The van der Waals surface area contributed by atoms with Crippen LogP contribution in [0.4, 0.5) is 5.82 Å². The maximum Gasteiger partial charge on any atom is 0.225 e. The highest BCUT2D eigenvalue weighted by Crippen LogP contribution is 2.26. The SMILES string of the molecule is Cc1cnc(C)c(N2CCC(C(=O)NC3CC3)C2)n1. The van der Waals surface area contributed by atoms with Crippen LogP contribution >= 0.6 is 0 Å². The Morgan fingerprint density at radius 3 is 2.89 bits per heavy atom. The summed E-state index contributed by atoms with van der Waals surface area (Å²) in [6, 6.07) is 0.446. The molecule has 1 aromatic rings. The molecule has 1 aliphatic carbocycles. The zero-order valence-electron chi connectivity index (χ0n) is 11.5. The van der Waals surface area contributed by atoms with E-state index >= 15 is 0 Å². The Kier molecular flexibility index (Phi) is 3.12. The van der Waals surface area contributed by atoms with Gasteiger partial charge >= 0.3 is 0 Å². The molecular weight excluding hydrogens is 240 g/mol. The summed E-state index contributed by atoms with van der Waals surface area (Å²) in [4.78, 5) is 23.1. The van der Waals surface area contributed by atoms with E-state index in [1.807, 2.05) is 13.8 Å². The van der Waals surface area contributed by atoms with Crippen molar-refractivity contribution in [1.82, 2.24) is 15.3 Å². The number of nitrogens with zero attached hydrogens (tertiary/aromatic N) is 3. The van der Waals surface area contributed by atoms with Crippen molar-refractivity contribution in [3.05, 3.63) is 17.6 Å². The molecule has 2 heterocycles. The molecule has 0 bridgehead atoms. The Bertz CT molecular complexity index is 498. The minimum Gasteiger partial charge on any atom is -0.354 e. The largest absolute Gasteiger partial charge is 0.354 e. The third-order valence-electron chi connectivity index (χ3n) is 3.83. The van der Waals surface area contributed by atoms with Gasteiger partial charge in [-0.1, -0.05) is 0 Å². The van der Waals surface area contributed by atoms with Crippen LogP contribution in [0.2, 0.25) is 0 Å². The van der Waals surface area contributed by atoms with Crippen LogP contribution in [0.15, 0.2) is 6.20 Å². The minimum absolute atomic E-state index is 0.0994. The molecule has 1 aromatic heterocycles. The lowest BCUT2D eigenvalue weighted by atomic mass is 10.1. The molecule has 1 saturated heterocycles. The third-order valence-corrected chi connectivity index (χ3v) is 3.83. The first-order valence-electron chi connectivity index (χ1n) is 6.99. The molecule has 102 valence electrons. The summed E-state index contributed by atoms with van der Waals surface area (Å²) in [6.45, 7) is 5.57. The number of amides is 1. The molecule has 0 radical (unpaired) electrons. The van der Waals surface area contributed by atoms with Gasteiger partial charge in [0.25, 0.3) is 0 Å². The Morgan fingerprint density at radius 2 is 2.16 bits per heavy atom. The van der Waals surface area contributed by atoms with Gasteiger partial charge in [-0.3, -0.25) is 9.78 Å². The zero-order chi connectivity index (χ0) is 13.4. The van der Waals surface area contributed by atoms with Gasteiger partial charge in [-0.2, -0.15) is 0 Å². The summed E-state index contributed by atoms with van der Waals surface area (Å²) < 4.78 is 0. The lowest BCUT2D eigenvalue weighted by molar-refractivity contribution is -0.124. The fraction of sp³-hybridized carbons (Fsp3) is 0.643. The highest BCUT2D eigenvalue weighted by Gasteiger charge is 2.33. The molecule has 1 N–H and O–H groups in total. The van der Waals surface area contributed by atoms with Crippen molar-refractivity contribution in [2.75, 3.05) is 18.0 Å². The first-order chi connectivity index (χ1) is 9.13. The molecule has 1 amide bonds.